The number of carbonyl (C=O) groups excluding carboxylic acids is 1. The number of nitrogens with one attached hydrogen (secondary N) is 1. The maximum absolute atomic E-state index is 13.2. The van der Waals surface area contributed by atoms with Gasteiger partial charge in [0.1, 0.15) is 36.3 Å². The van der Waals surface area contributed by atoms with Gasteiger partial charge < -0.3 is 20.3 Å². The number of benzene rings is 1. The van der Waals surface area contributed by atoms with Gasteiger partial charge in [-0.05, 0) is 12.1 Å². The number of hydrogen-bond acceptors (Lipinski definition) is 7. The van der Waals surface area contributed by atoms with Crippen LogP contribution in [0.25, 0.3) is 10.9 Å². The van der Waals surface area contributed by atoms with Crippen LogP contribution in [0.4, 0.5) is 13.2 Å². The highest BCUT2D eigenvalue weighted by molar-refractivity contribution is 7.11. The molecule has 0 bridgehead atoms. The SMILES string of the molecule is O=C(O)CNC(=O)c1c(O)c2cccc3c2n(c1=O)C(c1cnc(C(F)(F)F)s1)CO3. The van der Waals surface area contributed by atoms with Crippen LogP contribution in [0.2, 0.25) is 0 Å². The summed E-state index contributed by atoms with van der Waals surface area (Å²) in [6, 6.07) is 3.36. The quantitative estimate of drug-likeness (QED) is 0.548. The molecule has 31 heavy (non-hydrogen) atoms. The van der Waals surface area contributed by atoms with E-state index in [9.17, 15) is 32.7 Å². The van der Waals surface area contributed by atoms with Crippen LogP contribution in [0.1, 0.15) is 26.3 Å². The molecule has 1 atom stereocenters. The summed E-state index contributed by atoms with van der Waals surface area (Å²) in [5.74, 6) is -3.00. The van der Waals surface area contributed by atoms with E-state index in [0.717, 1.165) is 10.8 Å². The molecule has 4 rings (SSSR count). The Balaban J connectivity index is 1.94. The average molecular weight is 455 g/mol. The Morgan fingerprint density at radius 2 is 2.10 bits per heavy atom. The summed E-state index contributed by atoms with van der Waals surface area (Å²) in [4.78, 5) is 39.8. The number of ether oxygens (including phenoxy) is 1. The van der Waals surface area contributed by atoms with Crippen LogP contribution in [-0.2, 0) is 11.0 Å². The maximum Gasteiger partial charge on any atom is 0.443 e. The van der Waals surface area contributed by atoms with E-state index in [4.69, 9.17) is 9.84 Å². The smallest absolute Gasteiger partial charge is 0.443 e. The number of para-hydroxylation sites is 1. The second kappa shape index (κ2) is 7.27. The third-order valence-electron chi connectivity index (χ3n) is 4.59. The van der Waals surface area contributed by atoms with Crippen LogP contribution in [-0.4, -0.2) is 44.8 Å². The van der Waals surface area contributed by atoms with Gasteiger partial charge in [-0.15, -0.1) is 11.3 Å². The van der Waals surface area contributed by atoms with Crippen molar-refractivity contribution < 1.29 is 37.7 Å². The van der Waals surface area contributed by atoms with E-state index < -0.39 is 52.5 Å². The molecule has 0 radical (unpaired) electrons. The summed E-state index contributed by atoms with van der Waals surface area (Å²) < 4.78 is 45.7. The minimum absolute atomic E-state index is 0.0443. The number of nitrogens with zero attached hydrogens (tertiary/aromatic N) is 2. The summed E-state index contributed by atoms with van der Waals surface area (Å²) in [5, 5.41) is 20.3. The van der Waals surface area contributed by atoms with Gasteiger partial charge in [0.05, 0.1) is 10.4 Å². The summed E-state index contributed by atoms with van der Waals surface area (Å²) in [6.07, 6.45) is -3.70. The molecule has 13 heteroatoms. The number of thiazole rings is 1. The highest BCUT2D eigenvalue weighted by atomic mass is 32.1. The molecule has 0 aliphatic carbocycles. The van der Waals surface area contributed by atoms with Gasteiger partial charge in [0.2, 0.25) is 0 Å². The van der Waals surface area contributed by atoms with Gasteiger partial charge in [-0.3, -0.25) is 19.0 Å². The predicted octanol–water partition coefficient (Wildman–Crippen LogP) is 1.98. The van der Waals surface area contributed by atoms with Gasteiger partial charge in [-0.1, -0.05) is 6.07 Å². The summed E-state index contributed by atoms with van der Waals surface area (Å²) in [7, 11) is 0. The van der Waals surface area contributed by atoms with E-state index in [-0.39, 0.29) is 28.1 Å². The molecule has 1 unspecified atom stereocenters. The van der Waals surface area contributed by atoms with Gasteiger partial charge >= 0.3 is 12.1 Å². The molecule has 1 amide bonds. The first-order valence-corrected chi connectivity index (χ1v) is 9.47. The zero-order valence-corrected chi connectivity index (χ0v) is 16.1. The van der Waals surface area contributed by atoms with Crippen molar-refractivity contribution in [2.45, 2.75) is 12.2 Å². The molecule has 1 aliphatic heterocycles. The number of carboxylic acid groups (broad SMARTS) is 1. The molecular weight excluding hydrogens is 443 g/mol. The number of aromatic nitrogens is 2. The zero-order chi connectivity index (χ0) is 22.5. The summed E-state index contributed by atoms with van der Waals surface area (Å²) >= 11 is 0.330. The van der Waals surface area contributed by atoms with E-state index in [2.05, 4.69) is 4.98 Å². The number of hydrogen-bond donors (Lipinski definition) is 3. The number of amides is 1. The highest BCUT2D eigenvalue weighted by Crippen LogP contribution is 2.41. The minimum atomic E-state index is -4.67. The number of pyridine rings is 1. The van der Waals surface area contributed by atoms with Crippen molar-refractivity contribution in [3.8, 4) is 11.5 Å². The Morgan fingerprint density at radius 1 is 1.35 bits per heavy atom. The van der Waals surface area contributed by atoms with Crippen molar-refractivity contribution in [3.05, 3.63) is 50.2 Å². The molecular formula is C18H12F3N3O6S. The second-order valence-corrected chi connectivity index (χ2v) is 7.58. The molecule has 3 aromatic rings. The van der Waals surface area contributed by atoms with Crippen molar-refractivity contribution in [1.82, 2.24) is 14.9 Å². The van der Waals surface area contributed by atoms with Crippen molar-refractivity contribution in [3.63, 3.8) is 0 Å². The van der Waals surface area contributed by atoms with Gasteiger partial charge in [-0.2, -0.15) is 13.2 Å². The Bertz CT molecular complexity index is 1280. The lowest BCUT2D eigenvalue weighted by Gasteiger charge is -2.28. The molecule has 1 aliphatic rings. The van der Waals surface area contributed by atoms with Gasteiger partial charge in [0.15, 0.2) is 5.01 Å². The predicted molar refractivity (Wildman–Crippen MR) is 101 cm³/mol. The number of aliphatic carboxylic acids is 1. The molecule has 3 heterocycles. The molecule has 1 aromatic carbocycles. The van der Waals surface area contributed by atoms with Crippen LogP contribution in [0.15, 0.2) is 29.2 Å². The number of aromatic hydroxyl groups is 1. The molecule has 3 N–H and O–H groups in total. The van der Waals surface area contributed by atoms with E-state index in [0.29, 0.717) is 11.3 Å². The van der Waals surface area contributed by atoms with Gasteiger partial charge in [-0.25, -0.2) is 4.98 Å². The van der Waals surface area contributed by atoms with Crippen molar-refractivity contribution >= 4 is 34.1 Å². The van der Waals surface area contributed by atoms with Crippen LogP contribution in [0.3, 0.4) is 0 Å². The van der Waals surface area contributed by atoms with Crippen molar-refractivity contribution in [2.24, 2.45) is 0 Å². The first kappa shape index (κ1) is 20.7. The standard InChI is InChI=1S/C18H12F3N3O6S/c19-18(20,21)17-23-4-10(31-17)8-6-30-9-3-1-2-7-13(9)24(8)16(29)12(14(7)27)15(28)22-5-11(25)26/h1-4,8,27H,5-6H2,(H,22,28)(H,25,26). The fourth-order valence-electron chi connectivity index (χ4n) is 3.31. The molecule has 0 spiro atoms. The molecule has 2 aromatic heterocycles. The lowest BCUT2D eigenvalue weighted by Crippen LogP contribution is -2.39. The number of halogens is 3. The molecule has 162 valence electrons. The Hall–Kier alpha value is -3.61. The first-order valence-electron chi connectivity index (χ1n) is 8.65. The van der Waals surface area contributed by atoms with E-state index in [1.165, 1.54) is 18.2 Å². The summed E-state index contributed by atoms with van der Waals surface area (Å²) in [5.41, 5.74) is -1.63. The van der Waals surface area contributed by atoms with Crippen molar-refractivity contribution in [2.75, 3.05) is 13.2 Å². The fraction of sp³-hybridized carbons (Fsp3) is 0.222. The lowest BCUT2D eigenvalue weighted by molar-refractivity contribution is -0.138. The van der Waals surface area contributed by atoms with Crippen molar-refractivity contribution in [1.29, 1.82) is 0 Å². The third-order valence-corrected chi connectivity index (χ3v) is 5.74. The monoisotopic (exact) mass is 455 g/mol. The molecule has 0 saturated carbocycles. The Kier molecular flexibility index (Phi) is 4.84. The van der Waals surface area contributed by atoms with Gasteiger partial charge in [0, 0.05) is 11.6 Å². The lowest BCUT2D eigenvalue weighted by atomic mass is 10.1. The normalized spacial score (nSPS) is 15.5. The van der Waals surface area contributed by atoms with E-state index >= 15 is 0 Å². The molecule has 0 saturated heterocycles. The largest absolute Gasteiger partial charge is 0.506 e. The van der Waals surface area contributed by atoms with Crippen LogP contribution >= 0.6 is 11.3 Å². The fourth-order valence-corrected chi connectivity index (χ4v) is 4.17. The maximum atomic E-state index is 13.2. The van der Waals surface area contributed by atoms with Gasteiger partial charge in [0.25, 0.3) is 11.5 Å². The van der Waals surface area contributed by atoms with Crippen LogP contribution < -0.4 is 15.6 Å². The van der Waals surface area contributed by atoms with Crippen LogP contribution in [0.5, 0.6) is 11.5 Å². The average Bonchev–Trinajstić information content (AvgIpc) is 3.20. The zero-order valence-electron chi connectivity index (χ0n) is 15.3. The minimum Gasteiger partial charge on any atom is -0.506 e. The Morgan fingerprint density at radius 3 is 2.74 bits per heavy atom. The summed E-state index contributed by atoms with van der Waals surface area (Å²) in [6.45, 7) is -1.02. The van der Waals surface area contributed by atoms with E-state index in [1.54, 1.807) is 0 Å². The third kappa shape index (κ3) is 3.46. The Labute approximate surface area is 174 Å². The number of carbonyl (C=O) groups is 2. The number of alkyl halides is 3. The first-order chi connectivity index (χ1) is 14.6. The highest BCUT2D eigenvalue weighted by Gasteiger charge is 2.37. The molecule has 9 nitrogen and oxygen atoms in total. The van der Waals surface area contributed by atoms with E-state index in [1.807, 2.05) is 5.32 Å². The number of carboxylic acids is 1. The molecule has 0 fully saturated rings. The van der Waals surface area contributed by atoms with Crippen LogP contribution in [0, 0.1) is 0 Å². The topological polar surface area (TPSA) is 131 Å². The number of rotatable bonds is 4. The second-order valence-electron chi connectivity index (χ2n) is 6.52.